The van der Waals surface area contributed by atoms with Crippen LogP contribution in [0.2, 0.25) is 10.0 Å². The first kappa shape index (κ1) is 28.2. The second-order valence-electron chi connectivity index (χ2n) is 11.1. The number of amides is 2. The number of halogens is 3. The van der Waals surface area contributed by atoms with Gasteiger partial charge in [-0.15, -0.1) is 0 Å². The highest BCUT2D eigenvalue weighted by atomic mass is 35.5. The van der Waals surface area contributed by atoms with Crippen LogP contribution in [0.1, 0.15) is 40.0 Å². The van der Waals surface area contributed by atoms with Gasteiger partial charge in [-0.2, -0.15) is 0 Å². The van der Waals surface area contributed by atoms with E-state index in [4.69, 9.17) is 32.7 Å². The first-order chi connectivity index (χ1) is 18.9. The zero-order valence-electron chi connectivity index (χ0n) is 22.7. The fraction of sp³-hybridized carbons (Fsp3) is 0.429. The lowest BCUT2D eigenvalue weighted by Crippen LogP contribution is -2.48. The van der Waals surface area contributed by atoms with E-state index in [9.17, 15) is 14.0 Å². The fourth-order valence-corrected chi connectivity index (χ4v) is 5.57. The Balaban J connectivity index is 1.42. The molecule has 0 unspecified atom stereocenters. The second kappa shape index (κ2) is 10.6. The highest BCUT2D eigenvalue weighted by Gasteiger charge is 2.50. The number of carbonyl (C=O) groups is 2. The number of likely N-dealkylation sites (tertiary alicyclic amines) is 1. The van der Waals surface area contributed by atoms with Gasteiger partial charge in [-0.05, 0) is 58.2 Å². The molecule has 2 aliphatic heterocycles. The van der Waals surface area contributed by atoms with Crippen LogP contribution < -0.4 is 15.0 Å². The van der Waals surface area contributed by atoms with Gasteiger partial charge < -0.3 is 24.6 Å². The summed E-state index contributed by atoms with van der Waals surface area (Å²) in [4.78, 5) is 38.5. The summed E-state index contributed by atoms with van der Waals surface area (Å²) >= 11 is 11.9. The molecule has 1 aromatic heterocycles. The Kier molecular flexibility index (Phi) is 7.43. The molecule has 212 valence electrons. The monoisotopic (exact) mass is 589 g/mol. The maximum Gasteiger partial charge on any atom is 0.410 e. The number of anilines is 3. The average Bonchev–Trinajstić information content (AvgIpc) is 3.22. The van der Waals surface area contributed by atoms with Crippen molar-refractivity contribution in [1.29, 1.82) is 0 Å². The van der Waals surface area contributed by atoms with Crippen LogP contribution in [0.25, 0.3) is 10.9 Å². The summed E-state index contributed by atoms with van der Waals surface area (Å²) < 4.78 is 25.9. The van der Waals surface area contributed by atoms with Crippen molar-refractivity contribution in [2.24, 2.45) is 5.41 Å². The number of fused-ring (bicyclic) bond motifs is 1. The minimum Gasteiger partial charge on any atom is -0.494 e. The van der Waals surface area contributed by atoms with Crippen molar-refractivity contribution in [3.8, 4) is 5.75 Å². The minimum atomic E-state index is -0.705. The van der Waals surface area contributed by atoms with Crippen molar-refractivity contribution in [3.63, 3.8) is 0 Å². The van der Waals surface area contributed by atoms with Crippen LogP contribution in [-0.2, 0) is 9.53 Å². The second-order valence-corrected chi connectivity index (χ2v) is 11.9. The lowest BCUT2D eigenvalue weighted by molar-refractivity contribution is -0.128. The van der Waals surface area contributed by atoms with Gasteiger partial charge in [-0.3, -0.25) is 4.79 Å². The summed E-state index contributed by atoms with van der Waals surface area (Å²) in [6.07, 6.45) is 2.74. The van der Waals surface area contributed by atoms with Crippen molar-refractivity contribution in [2.75, 3.05) is 37.0 Å². The maximum atomic E-state index is 14.8. The summed E-state index contributed by atoms with van der Waals surface area (Å²) in [6, 6.07) is 6.47. The van der Waals surface area contributed by atoms with Crippen LogP contribution >= 0.6 is 23.2 Å². The molecule has 2 fully saturated rings. The number of aromatic nitrogens is 2. The van der Waals surface area contributed by atoms with Gasteiger partial charge in [0.1, 0.15) is 23.5 Å². The van der Waals surface area contributed by atoms with E-state index in [1.807, 2.05) is 20.8 Å². The fourth-order valence-electron chi connectivity index (χ4n) is 5.25. The van der Waals surface area contributed by atoms with E-state index in [0.29, 0.717) is 67.1 Å². The number of ether oxygens (including phenoxy) is 2. The molecule has 0 bridgehead atoms. The zero-order chi connectivity index (χ0) is 28.8. The van der Waals surface area contributed by atoms with Gasteiger partial charge in [0.2, 0.25) is 5.91 Å². The number of nitrogens with zero attached hydrogens (tertiary/aromatic N) is 4. The maximum absolute atomic E-state index is 14.8. The van der Waals surface area contributed by atoms with E-state index < -0.39 is 16.8 Å². The third-order valence-electron chi connectivity index (χ3n) is 7.40. The largest absolute Gasteiger partial charge is 0.494 e. The van der Waals surface area contributed by atoms with Gasteiger partial charge in [0.15, 0.2) is 5.82 Å². The molecule has 2 amide bonds. The Hall–Kier alpha value is -3.37. The van der Waals surface area contributed by atoms with Crippen molar-refractivity contribution < 1.29 is 23.5 Å². The molecule has 0 saturated carbocycles. The number of nitrogens with one attached hydrogen (secondary N) is 1. The Bertz CT molecular complexity index is 1490. The molecule has 0 aliphatic carbocycles. The number of benzene rings is 2. The molecule has 0 radical (unpaired) electrons. The van der Waals surface area contributed by atoms with Gasteiger partial charge in [0.05, 0.1) is 39.5 Å². The molecule has 2 aliphatic rings. The third kappa shape index (κ3) is 5.22. The van der Waals surface area contributed by atoms with Crippen LogP contribution in [0.5, 0.6) is 5.75 Å². The number of methoxy groups -OCH3 is 1. The van der Waals surface area contributed by atoms with E-state index in [-0.39, 0.29) is 27.7 Å². The Morgan fingerprint density at radius 3 is 2.48 bits per heavy atom. The van der Waals surface area contributed by atoms with E-state index in [0.717, 1.165) is 0 Å². The number of piperidine rings is 1. The van der Waals surface area contributed by atoms with Crippen molar-refractivity contribution >= 4 is 63.3 Å². The normalized spacial score (nSPS) is 17.0. The van der Waals surface area contributed by atoms with Crippen molar-refractivity contribution in [3.05, 3.63) is 46.5 Å². The molecule has 12 heteroatoms. The quantitative estimate of drug-likeness (QED) is 0.343. The molecule has 0 atom stereocenters. The van der Waals surface area contributed by atoms with Crippen LogP contribution in [-0.4, -0.2) is 59.2 Å². The van der Waals surface area contributed by atoms with Crippen LogP contribution in [0.15, 0.2) is 30.6 Å². The van der Waals surface area contributed by atoms with Gasteiger partial charge in [0, 0.05) is 31.1 Å². The molecule has 3 heterocycles. The van der Waals surface area contributed by atoms with E-state index in [1.54, 1.807) is 21.9 Å². The highest BCUT2D eigenvalue weighted by molar-refractivity contribution is 6.42. The van der Waals surface area contributed by atoms with Gasteiger partial charge in [-0.1, -0.05) is 23.2 Å². The zero-order valence-corrected chi connectivity index (χ0v) is 24.2. The van der Waals surface area contributed by atoms with Gasteiger partial charge in [-0.25, -0.2) is 19.2 Å². The number of rotatable bonds is 4. The molecule has 5 rings (SSSR count). The molecule has 1 N–H and O–H groups in total. The molecular formula is C28H30Cl2FN5O4. The van der Waals surface area contributed by atoms with Crippen LogP contribution in [0.3, 0.4) is 0 Å². The summed E-state index contributed by atoms with van der Waals surface area (Å²) in [7, 11) is 1.53. The third-order valence-corrected chi connectivity index (χ3v) is 8.18. The van der Waals surface area contributed by atoms with E-state index in [1.165, 1.54) is 25.6 Å². The minimum absolute atomic E-state index is 0.0177. The lowest BCUT2D eigenvalue weighted by atomic mass is 9.77. The molecule has 1 spiro atoms. The van der Waals surface area contributed by atoms with Crippen LogP contribution in [0, 0.1) is 11.2 Å². The number of carbonyl (C=O) groups excluding carboxylic acids is 2. The highest BCUT2D eigenvalue weighted by Crippen LogP contribution is 2.46. The Labute approximate surface area is 241 Å². The van der Waals surface area contributed by atoms with E-state index >= 15 is 0 Å². The SMILES string of the molecule is COc1cc2ncnc(Nc3ccc(Cl)c(Cl)c3F)c2cc1N1CCC2(CCN(C(=O)OC(C)(C)C)CC2)C1=O. The van der Waals surface area contributed by atoms with Crippen molar-refractivity contribution in [1.82, 2.24) is 14.9 Å². The molecule has 40 heavy (non-hydrogen) atoms. The summed E-state index contributed by atoms with van der Waals surface area (Å²) in [5.41, 5.74) is 0.0573. The Morgan fingerprint density at radius 2 is 1.80 bits per heavy atom. The smallest absolute Gasteiger partial charge is 0.410 e. The summed E-state index contributed by atoms with van der Waals surface area (Å²) in [5, 5.41) is 3.45. The number of hydrogen-bond donors (Lipinski definition) is 1. The molecule has 9 nitrogen and oxygen atoms in total. The summed E-state index contributed by atoms with van der Waals surface area (Å²) in [6.45, 7) is 6.88. The topological polar surface area (TPSA) is 96.9 Å². The number of hydrogen-bond acceptors (Lipinski definition) is 7. The predicted molar refractivity (Wildman–Crippen MR) is 152 cm³/mol. The standard InChI is InChI=1S/C28H30Cl2FN5O4/c1-27(2,3)40-26(38)35-10-7-28(8-11-35)9-12-36(25(28)37)20-13-16-19(14-21(20)39-4)32-15-33-24(16)34-18-6-5-17(29)22(30)23(18)31/h5-6,13-15H,7-12H2,1-4H3,(H,32,33,34). The molecular weight excluding hydrogens is 560 g/mol. The van der Waals surface area contributed by atoms with Gasteiger partial charge in [0.25, 0.3) is 0 Å². The van der Waals surface area contributed by atoms with Gasteiger partial charge >= 0.3 is 6.09 Å². The first-order valence-electron chi connectivity index (χ1n) is 13.0. The van der Waals surface area contributed by atoms with E-state index in [2.05, 4.69) is 15.3 Å². The molecule has 2 saturated heterocycles. The first-order valence-corrected chi connectivity index (χ1v) is 13.7. The average molecular weight is 590 g/mol. The molecule has 2 aromatic carbocycles. The Morgan fingerprint density at radius 1 is 1.10 bits per heavy atom. The summed E-state index contributed by atoms with van der Waals surface area (Å²) in [5.74, 6) is 0.0904. The van der Waals surface area contributed by atoms with Crippen LogP contribution in [0.4, 0.5) is 26.4 Å². The predicted octanol–water partition coefficient (Wildman–Crippen LogP) is 6.58. The van der Waals surface area contributed by atoms with Crippen molar-refractivity contribution in [2.45, 2.75) is 45.6 Å². The molecule has 3 aromatic rings. The lowest BCUT2D eigenvalue weighted by Gasteiger charge is -2.38.